The zero-order valence-corrected chi connectivity index (χ0v) is 12.0. The highest BCUT2D eigenvalue weighted by Crippen LogP contribution is 2.20. The van der Waals surface area contributed by atoms with Gasteiger partial charge in [0.25, 0.3) is 0 Å². The van der Waals surface area contributed by atoms with Crippen molar-refractivity contribution in [2.75, 3.05) is 38.2 Å². The van der Waals surface area contributed by atoms with E-state index in [1.807, 2.05) is 18.8 Å². The van der Waals surface area contributed by atoms with E-state index in [0.29, 0.717) is 5.56 Å². The lowest BCUT2D eigenvalue weighted by molar-refractivity contribution is 0.283. The van der Waals surface area contributed by atoms with E-state index in [1.54, 1.807) is 0 Å². The molecule has 0 bridgehead atoms. The number of hydrogen-bond donors (Lipinski definition) is 1. The molecule has 1 aromatic rings. The summed E-state index contributed by atoms with van der Waals surface area (Å²) in [5.41, 5.74) is 0.686. The van der Waals surface area contributed by atoms with Gasteiger partial charge in [0.1, 0.15) is 11.6 Å². The average Bonchev–Trinajstić information content (AvgIpc) is 2.39. The number of thioether (sulfide) groups is 1. The Morgan fingerprint density at radius 3 is 2.42 bits per heavy atom. The van der Waals surface area contributed by atoms with E-state index in [1.165, 1.54) is 23.6 Å². The third-order valence-corrected chi connectivity index (χ3v) is 4.42. The van der Waals surface area contributed by atoms with E-state index in [9.17, 15) is 8.78 Å². The Hall–Kier alpha value is -0.650. The number of hydrogen-bond acceptors (Lipinski definition) is 3. The second-order valence-electron chi connectivity index (χ2n) is 4.79. The van der Waals surface area contributed by atoms with Crippen molar-refractivity contribution in [2.24, 2.45) is 0 Å². The summed E-state index contributed by atoms with van der Waals surface area (Å²) in [7, 11) is 1.83. The second kappa shape index (κ2) is 7.22. The maximum Gasteiger partial charge on any atom is 0.126 e. The Balaban J connectivity index is 1.95. The monoisotopic (exact) mass is 286 g/mol. The molecule has 19 heavy (non-hydrogen) atoms. The zero-order valence-electron chi connectivity index (χ0n) is 11.2. The molecule has 1 aliphatic heterocycles. The Morgan fingerprint density at radius 2 is 1.84 bits per heavy atom. The fraction of sp³-hybridized carbons (Fsp3) is 0.571. The van der Waals surface area contributed by atoms with Crippen LogP contribution in [0.15, 0.2) is 18.2 Å². The first-order valence-electron chi connectivity index (χ1n) is 6.62. The SMILES string of the molecule is CNC(CCN1CCSCC1)c1cc(F)cc(F)c1. The van der Waals surface area contributed by atoms with E-state index in [4.69, 9.17) is 0 Å². The van der Waals surface area contributed by atoms with Gasteiger partial charge in [-0.05, 0) is 31.2 Å². The lowest BCUT2D eigenvalue weighted by Gasteiger charge is -2.28. The van der Waals surface area contributed by atoms with Crippen LogP contribution in [0, 0.1) is 11.6 Å². The normalized spacial score (nSPS) is 18.5. The fourth-order valence-corrected chi connectivity index (χ4v) is 3.37. The van der Waals surface area contributed by atoms with Crippen LogP contribution < -0.4 is 5.32 Å². The van der Waals surface area contributed by atoms with Gasteiger partial charge in [0.2, 0.25) is 0 Å². The predicted molar refractivity (Wildman–Crippen MR) is 76.5 cm³/mol. The number of rotatable bonds is 5. The Morgan fingerprint density at radius 1 is 1.21 bits per heavy atom. The van der Waals surface area contributed by atoms with Crippen LogP contribution in [0.1, 0.15) is 18.0 Å². The van der Waals surface area contributed by atoms with Gasteiger partial charge in [0.15, 0.2) is 0 Å². The summed E-state index contributed by atoms with van der Waals surface area (Å²) in [5, 5.41) is 3.15. The molecule has 5 heteroatoms. The lowest BCUT2D eigenvalue weighted by atomic mass is 10.0. The minimum absolute atomic E-state index is 0.000204. The van der Waals surface area contributed by atoms with E-state index in [2.05, 4.69) is 10.2 Å². The van der Waals surface area contributed by atoms with Crippen molar-refractivity contribution in [2.45, 2.75) is 12.5 Å². The van der Waals surface area contributed by atoms with Gasteiger partial charge in [-0.1, -0.05) is 0 Å². The smallest absolute Gasteiger partial charge is 0.126 e. The molecular formula is C14H20F2N2S. The highest BCUT2D eigenvalue weighted by Gasteiger charge is 2.15. The molecule has 106 valence electrons. The Kier molecular flexibility index (Phi) is 5.60. The maximum atomic E-state index is 13.2. The Labute approximate surface area is 117 Å². The number of nitrogens with zero attached hydrogens (tertiary/aromatic N) is 1. The number of halogens is 2. The third-order valence-electron chi connectivity index (χ3n) is 3.47. The summed E-state index contributed by atoms with van der Waals surface area (Å²) in [5.74, 6) is 1.34. The predicted octanol–water partition coefficient (Wildman–Crippen LogP) is 2.66. The molecule has 1 saturated heterocycles. The summed E-state index contributed by atoms with van der Waals surface area (Å²) in [6.45, 7) is 3.18. The van der Waals surface area contributed by atoms with Crippen LogP contribution in [0.3, 0.4) is 0 Å². The van der Waals surface area contributed by atoms with Crippen LogP contribution in [0.25, 0.3) is 0 Å². The Bertz CT molecular complexity index is 388. The first kappa shape index (κ1) is 14.8. The van der Waals surface area contributed by atoms with Gasteiger partial charge in [0.05, 0.1) is 0 Å². The molecule has 1 fully saturated rings. The van der Waals surface area contributed by atoms with Crippen LogP contribution in [0.4, 0.5) is 8.78 Å². The molecule has 1 N–H and O–H groups in total. The van der Waals surface area contributed by atoms with Crippen molar-refractivity contribution in [3.63, 3.8) is 0 Å². The molecule has 0 amide bonds. The minimum Gasteiger partial charge on any atom is -0.313 e. The molecule has 2 nitrogen and oxygen atoms in total. The summed E-state index contributed by atoms with van der Waals surface area (Å²) >= 11 is 1.98. The highest BCUT2D eigenvalue weighted by molar-refractivity contribution is 7.99. The fourth-order valence-electron chi connectivity index (χ4n) is 2.39. The first-order valence-corrected chi connectivity index (χ1v) is 7.78. The average molecular weight is 286 g/mol. The molecule has 0 spiro atoms. The molecule has 1 aliphatic rings. The lowest BCUT2D eigenvalue weighted by Crippen LogP contribution is -2.35. The number of benzene rings is 1. The summed E-state index contributed by atoms with van der Waals surface area (Å²) in [4.78, 5) is 2.41. The van der Waals surface area contributed by atoms with Gasteiger partial charge in [-0.2, -0.15) is 11.8 Å². The summed E-state index contributed by atoms with van der Waals surface area (Å²) in [6.07, 6.45) is 0.865. The van der Waals surface area contributed by atoms with Crippen LogP contribution in [0.2, 0.25) is 0 Å². The van der Waals surface area contributed by atoms with Crippen molar-refractivity contribution in [3.8, 4) is 0 Å². The topological polar surface area (TPSA) is 15.3 Å². The highest BCUT2D eigenvalue weighted by atomic mass is 32.2. The van der Waals surface area contributed by atoms with Crippen LogP contribution >= 0.6 is 11.8 Å². The van der Waals surface area contributed by atoms with Crippen LogP contribution in [-0.2, 0) is 0 Å². The van der Waals surface area contributed by atoms with Crippen molar-refractivity contribution >= 4 is 11.8 Å². The molecule has 1 aromatic carbocycles. The molecular weight excluding hydrogens is 266 g/mol. The van der Waals surface area contributed by atoms with Crippen molar-refractivity contribution in [1.29, 1.82) is 0 Å². The first-order chi connectivity index (χ1) is 9.19. The van der Waals surface area contributed by atoms with Gasteiger partial charge in [-0.3, -0.25) is 0 Å². The van der Waals surface area contributed by atoms with Gasteiger partial charge < -0.3 is 10.2 Å². The molecule has 0 saturated carbocycles. The van der Waals surface area contributed by atoms with Crippen molar-refractivity contribution < 1.29 is 8.78 Å². The van der Waals surface area contributed by atoms with Gasteiger partial charge in [-0.25, -0.2) is 8.78 Å². The molecule has 0 radical (unpaired) electrons. The van der Waals surface area contributed by atoms with Crippen LogP contribution in [-0.4, -0.2) is 43.1 Å². The van der Waals surface area contributed by atoms with Gasteiger partial charge in [0, 0.05) is 43.2 Å². The quantitative estimate of drug-likeness (QED) is 0.896. The van der Waals surface area contributed by atoms with Crippen LogP contribution in [0.5, 0.6) is 0 Å². The van der Waals surface area contributed by atoms with E-state index in [-0.39, 0.29) is 6.04 Å². The van der Waals surface area contributed by atoms with E-state index >= 15 is 0 Å². The summed E-state index contributed by atoms with van der Waals surface area (Å²) in [6, 6.07) is 3.74. The molecule has 0 aromatic heterocycles. The van der Waals surface area contributed by atoms with Crippen molar-refractivity contribution in [3.05, 3.63) is 35.4 Å². The maximum absolute atomic E-state index is 13.2. The second-order valence-corrected chi connectivity index (χ2v) is 6.01. The molecule has 1 heterocycles. The van der Waals surface area contributed by atoms with Crippen molar-refractivity contribution in [1.82, 2.24) is 10.2 Å². The summed E-state index contributed by atoms with van der Waals surface area (Å²) < 4.78 is 26.5. The minimum atomic E-state index is -0.510. The standard InChI is InChI=1S/C14H20F2N2S/c1-17-14(2-3-18-4-6-19-7-5-18)11-8-12(15)10-13(16)9-11/h8-10,14,17H,2-7H2,1H3. The molecule has 1 atom stereocenters. The van der Waals surface area contributed by atoms with E-state index < -0.39 is 11.6 Å². The van der Waals surface area contributed by atoms with E-state index in [0.717, 1.165) is 32.1 Å². The third kappa shape index (κ3) is 4.44. The number of nitrogens with one attached hydrogen (secondary N) is 1. The zero-order chi connectivity index (χ0) is 13.7. The molecule has 1 unspecified atom stereocenters. The van der Waals surface area contributed by atoms with Gasteiger partial charge in [-0.15, -0.1) is 0 Å². The van der Waals surface area contributed by atoms with Gasteiger partial charge >= 0.3 is 0 Å². The largest absolute Gasteiger partial charge is 0.313 e. The molecule has 2 rings (SSSR count). The molecule has 0 aliphatic carbocycles.